The van der Waals surface area contributed by atoms with Crippen LogP contribution in [0.15, 0.2) is 23.8 Å². The summed E-state index contributed by atoms with van der Waals surface area (Å²) < 4.78 is 0. The summed E-state index contributed by atoms with van der Waals surface area (Å²) in [7, 11) is 0. The first kappa shape index (κ1) is 13.2. The van der Waals surface area contributed by atoms with Gasteiger partial charge < -0.3 is 0 Å². The summed E-state index contributed by atoms with van der Waals surface area (Å²) in [6, 6.07) is 0. The summed E-state index contributed by atoms with van der Waals surface area (Å²) in [5.41, 5.74) is 1.23. The molecule has 0 saturated heterocycles. The van der Waals surface area contributed by atoms with Crippen LogP contribution in [0.3, 0.4) is 0 Å². The van der Waals surface area contributed by atoms with Gasteiger partial charge in [0, 0.05) is 12.3 Å². The molecule has 1 rings (SSSR count). The van der Waals surface area contributed by atoms with Crippen LogP contribution in [0.5, 0.6) is 0 Å². The Kier molecular flexibility index (Phi) is 6.18. The largest absolute Gasteiger partial charge is 0.299 e. The van der Waals surface area contributed by atoms with Gasteiger partial charge in [0.25, 0.3) is 0 Å². The van der Waals surface area contributed by atoms with Crippen molar-refractivity contribution < 1.29 is 4.79 Å². The first-order valence-corrected chi connectivity index (χ1v) is 5.15. The molecule has 0 radical (unpaired) electrons. The summed E-state index contributed by atoms with van der Waals surface area (Å²) in [5, 5.41) is 0. The van der Waals surface area contributed by atoms with Gasteiger partial charge >= 0.3 is 0 Å². The maximum atomic E-state index is 11.5. The topological polar surface area (TPSA) is 17.1 Å². The van der Waals surface area contributed by atoms with Gasteiger partial charge in [-0.2, -0.15) is 0 Å². The van der Waals surface area contributed by atoms with E-state index in [9.17, 15) is 4.79 Å². The van der Waals surface area contributed by atoms with E-state index in [1.807, 2.05) is 13.0 Å². The van der Waals surface area contributed by atoms with Gasteiger partial charge in [0.1, 0.15) is 5.78 Å². The maximum Gasteiger partial charge on any atom is 0.140 e. The minimum atomic E-state index is 0. The Balaban J connectivity index is 0.00000169. The molecule has 1 heteroatoms. The lowest BCUT2D eigenvalue weighted by molar-refractivity contribution is -0.119. The highest BCUT2D eigenvalue weighted by molar-refractivity contribution is 5.86. The summed E-state index contributed by atoms with van der Waals surface area (Å²) in [6.45, 7) is 4.12. The highest BCUT2D eigenvalue weighted by atomic mass is 16.1. The van der Waals surface area contributed by atoms with E-state index in [0.29, 0.717) is 5.78 Å². The van der Waals surface area contributed by atoms with Crippen molar-refractivity contribution in [3.8, 4) is 0 Å². The van der Waals surface area contributed by atoms with Crippen LogP contribution in [0, 0.1) is 5.92 Å². The van der Waals surface area contributed by atoms with Gasteiger partial charge in [0.05, 0.1) is 0 Å². The standard InChI is InChI=1S/C12H18O.CH4/c1-3-6-10(7-4-2)11-8-5-9-12(11)13;/h3,6-7,11H,4-5,8-9H2,1-2H3;1H4/b6-3-,10-7+;. The number of carbonyl (C=O) groups excluding carboxylic acids is 1. The monoisotopic (exact) mass is 194 g/mol. The smallest absolute Gasteiger partial charge is 0.140 e. The van der Waals surface area contributed by atoms with Crippen molar-refractivity contribution in [2.24, 2.45) is 5.92 Å². The zero-order valence-electron chi connectivity index (χ0n) is 8.55. The van der Waals surface area contributed by atoms with Gasteiger partial charge in [0.2, 0.25) is 0 Å². The molecule has 1 atom stereocenters. The third-order valence-corrected chi connectivity index (χ3v) is 2.51. The quantitative estimate of drug-likeness (QED) is 0.623. The molecule has 1 nitrogen and oxygen atoms in total. The van der Waals surface area contributed by atoms with Crippen molar-refractivity contribution in [2.75, 3.05) is 0 Å². The number of rotatable bonds is 3. The fourth-order valence-electron chi connectivity index (χ4n) is 1.92. The van der Waals surface area contributed by atoms with Crippen LogP contribution < -0.4 is 0 Å². The summed E-state index contributed by atoms with van der Waals surface area (Å²) >= 11 is 0. The fourth-order valence-corrected chi connectivity index (χ4v) is 1.92. The number of carbonyl (C=O) groups is 1. The molecule has 0 spiro atoms. The van der Waals surface area contributed by atoms with E-state index < -0.39 is 0 Å². The molecule has 14 heavy (non-hydrogen) atoms. The Morgan fingerprint density at radius 2 is 2.29 bits per heavy atom. The Morgan fingerprint density at radius 3 is 2.71 bits per heavy atom. The second-order valence-electron chi connectivity index (χ2n) is 3.52. The van der Waals surface area contributed by atoms with Crippen molar-refractivity contribution in [3.63, 3.8) is 0 Å². The third-order valence-electron chi connectivity index (χ3n) is 2.51. The molecule has 1 unspecified atom stereocenters. The molecular formula is C13H22O. The van der Waals surface area contributed by atoms with E-state index in [1.165, 1.54) is 5.57 Å². The van der Waals surface area contributed by atoms with Gasteiger partial charge in [-0.05, 0) is 31.8 Å². The van der Waals surface area contributed by atoms with Crippen LogP contribution in [0.1, 0.15) is 47.0 Å². The van der Waals surface area contributed by atoms with Gasteiger partial charge in [-0.15, -0.1) is 0 Å². The van der Waals surface area contributed by atoms with Gasteiger partial charge in [-0.1, -0.05) is 32.6 Å². The molecule has 0 bridgehead atoms. The van der Waals surface area contributed by atoms with E-state index in [-0.39, 0.29) is 13.3 Å². The molecule has 0 N–H and O–H groups in total. The number of allylic oxidation sites excluding steroid dienone is 4. The van der Waals surface area contributed by atoms with E-state index in [4.69, 9.17) is 0 Å². The molecule has 0 aromatic carbocycles. The molecule has 0 aromatic heterocycles. The average Bonchev–Trinajstić information content (AvgIpc) is 2.51. The predicted octanol–water partition coefficient (Wildman–Crippen LogP) is 3.90. The third kappa shape index (κ3) is 3.13. The lowest BCUT2D eigenvalue weighted by Crippen LogP contribution is -2.07. The molecule has 1 aliphatic carbocycles. The molecule has 1 saturated carbocycles. The molecule has 80 valence electrons. The Morgan fingerprint density at radius 1 is 1.57 bits per heavy atom. The summed E-state index contributed by atoms with van der Waals surface area (Å²) in [4.78, 5) is 11.5. The van der Waals surface area contributed by atoms with Crippen LogP contribution in [0.25, 0.3) is 0 Å². The lowest BCUT2D eigenvalue weighted by Gasteiger charge is -2.08. The highest BCUT2D eigenvalue weighted by Gasteiger charge is 2.25. The van der Waals surface area contributed by atoms with Gasteiger partial charge in [0.15, 0.2) is 0 Å². The van der Waals surface area contributed by atoms with Crippen molar-refractivity contribution in [2.45, 2.75) is 47.0 Å². The zero-order valence-corrected chi connectivity index (χ0v) is 8.55. The van der Waals surface area contributed by atoms with Crippen LogP contribution in [-0.2, 0) is 4.79 Å². The first-order valence-electron chi connectivity index (χ1n) is 5.15. The minimum Gasteiger partial charge on any atom is -0.299 e. The summed E-state index contributed by atoms with van der Waals surface area (Å²) in [6.07, 6.45) is 10.2. The van der Waals surface area contributed by atoms with Crippen LogP contribution in [0.4, 0.5) is 0 Å². The van der Waals surface area contributed by atoms with Gasteiger partial charge in [-0.3, -0.25) is 4.79 Å². The molecule has 1 fully saturated rings. The number of Topliss-reactive ketones (excluding diaryl/α,β-unsaturated/α-hetero) is 1. The minimum absolute atomic E-state index is 0. The van der Waals surface area contributed by atoms with Crippen molar-refractivity contribution in [1.82, 2.24) is 0 Å². The molecule has 0 aliphatic heterocycles. The fraction of sp³-hybridized carbons (Fsp3) is 0.615. The van der Waals surface area contributed by atoms with Crippen molar-refractivity contribution >= 4 is 5.78 Å². The Bertz CT molecular complexity index is 236. The normalized spacial score (nSPS) is 22.9. The van der Waals surface area contributed by atoms with Crippen LogP contribution in [0.2, 0.25) is 0 Å². The lowest BCUT2D eigenvalue weighted by atomic mass is 9.95. The maximum absolute atomic E-state index is 11.5. The number of hydrogen-bond donors (Lipinski definition) is 0. The molecule has 0 amide bonds. The molecule has 0 heterocycles. The number of ketones is 1. The molecule has 0 aromatic rings. The van der Waals surface area contributed by atoms with Gasteiger partial charge in [-0.25, -0.2) is 0 Å². The summed E-state index contributed by atoms with van der Waals surface area (Å²) in [5.74, 6) is 0.633. The van der Waals surface area contributed by atoms with Crippen molar-refractivity contribution in [3.05, 3.63) is 23.8 Å². The van der Waals surface area contributed by atoms with Crippen LogP contribution in [-0.4, -0.2) is 5.78 Å². The SMILES string of the molecule is C.C/C=C\C(=C/CC)C1CCCC1=O. The Labute approximate surface area is 87.9 Å². The average molecular weight is 194 g/mol. The van der Waals surface area contributed by atoms with E-state index in [2.05, 4.69) is 19.1 Å². The highest BCUT2D eigenvalue weighted by Crippen LogP contribution is 2.28. The van der Waals surface area contributed by atoms with Crippen molar-refractivity contribution in [1.29, 1.82) is 0 Å². The zero-order chi connectivity index (χ0) is 9.68. The van der Waals surface area contributed by atoms with Crippen LogP contribution >= 0.6 is 0 Å². The molecule has 1 aliphatic rings. The van der Waals surface area contributed by atoms with E-state index >= 15 is 0 Å². The second-order valence-corrected chi connectivity index (χ2v) is 3.52. The predicted molar refractivity (Wildman–Crippen MR) is 62.3 cm³/mol. The number of hydrogen-bond acceptors (Lipinski definition) is 1. The second kappa shape index (κ2) is 6.58. The van der Waals surface area contributed by atoms with E-state index in [1.54, 1.807) is 0 Å². The van der Waals surface area contributed by atoms with E-state index in [0.717, 1.165) is 25.7 Å². The molecular weight excluding hydrogens is 172 g/mol. The first-order chi connectivity index (χ1) is 6.29. The Hall–Kier alpha value is -0.850.